The molecule has 4 heteroatoms. The van der Waals surface area contributed by atoms with Gasteiger partial charge in [-0.15, -0.1) is 0 Å². The van der Waals surface area contributed by atoms with Crippen molar-refractivity contribution in [2.24, 2.45) is 51.2 Å². The van der Waals surface area contributed by atoms with E-state index in [9.17, 15) is 4.79 Å². The number of nitrogens with zero attached hydrogens (tertiary/aromatic N) is 1. The second-order valence-electron chi connectivity index (χ2n) is 18.0. The van der Waals surface area contributed by atoms with Gasteiger partial charge in [-0.1, -0.05) is 120 Å². The van der Waals surface area contributed by atoms with Crippen molar-refractivity contribution in [3.05, 3.63) is 88.1 Å². The molecule has 8 rings (SSSR count). The Balaban J connectivity index is 1.20. The number of para-hydroxylation sites is 1. The lowest BCUT2D eigenvalue weighted by Crippen LogP contribution is -2.65. The van der Waals surface area contributed by atoms with E-state index < -0.39 is 5.41 Å². The molecule has 3 nitrogen and oxygen atoms in total. The first kappa shape index (κ1) is 32.5. The van der Waals surface area contributed by atoms with E-state index in [0.29, 0.717) is 30.3 Å². The molecule has 254 valence electrons. The largest absolute Gasteiger partial charge is 0.460 e. The van der Waals surface area contributed by atoms with Gasteiger partial charge in [-0.25, -0.2) is 0 Å². The first-order valence-electron chi connectivity index (χ1n) is 18.8. The summed E-state index contributed by atoms with van der Waals surface area (Å²) in [6.07, 6.45) is 11.2. The van der Waals surface area contributed by atoms with Gasteiger partial charge < -0.3 is 4.74 Å². The van der Waals surface area contributed by atoms with Crippen molar-refractivity contribution in [1.82, 2.24) is 4.98 Å². The van der Waals surface area contributed by atoms with E-state index in [4.69, 9.17) is 21.3 Å². The minimum atomic E-state index is -0.428. The number of esters is 1. The number of pyridine rings is 1. The average molecular weight is 664 g/mol. The summed E-state index contributed by atoms with van der Waals surface area (Å²) >= 11 is 7.35. The average Bonchev–Trinajstić information content (AvgIpc) is 3.07. The van der Waals surface area contributed by atoms with Crippen molar-refractivity contribution in [2.75, 3.05) is 0 Å². The highest BCUT2D eigenvalue weighted by molar-refractivity contribution is 6.36. The lowest BCUT2D eigenvalue weighted by molar-refractivity contribution is -0.184. The van der Waals surface area contributed by atoms with Crippen LogP contribution in [0, 0.1) is 51.2 Å². The standard InChI is InChI=1S/C44H54ClNO2/c1-27-19-22-44(39(47)48-26-29-13-9-8-10-14-29)24-23-42(6)32(36(44)28(27)2)17-18-35-41(5)25-31-37(45)30-15-11-12-16-33(30)46-38(31)40(3,4)34(41)20-21-43(35,42)7/h8-17,27-28,34-36H,18-26H2,1-7H3/t27-,28+,34+,35-,36+,41+,42-,43-,44+/m1/s1. The Kier molecular flexibility index (Phi) is 7.41. The third kappa shape index (κ3) is 4.24. The Hall–Kier alpha value is -2.65. The SMILES string of the molecule is C[C@H]1[C@H](C)CC[C@]2(C(=O)OCc3ccccc3)CC[C@]3(C)C(=CC[C@@H]4[C@@]5(C)Cc6c(nc7ccccc7c6Cl)C(C)(C)[C@@H]5CC[C@]43C)[C@H]12. The van der Waals surface area contributed by atoms with Gasteiger partial charge in [0.15, 0.2) is 0 Å². The quantitative estimate of drug-likeness (QED) is 0.207. The number of allylic oxidation sites excluding steroid dienone is 2. The molecule has 0 saturated heterocycles. The van der Waals surface area contributed by atoms with Crippen molar-refractivity contribution < 1.29 is 9.53 Å². The van der Waals surface area contributed by atoms with E-state index in [1.165, 1.54) is 24.1 Å². The Labute approximate surface area is 293 Å². The van der Waals surface area contributed by atoms with Gasteiger partial charge in [-0.3, -0.25) is 9.78 Å². The lowest BCUT2D eigenvalue weighted by atomic mass is 9.33. The highest BCUT2D eigenvalue weighted by Gasteiger charge is 2.69. The first-order valence-corrected chi connectivity index (χ1v) is 19.1. The van der Waals surface area contributed by atoms with Crippen LogP contribution in [0.4, 0.5) is 0 Å². The molecule has 48 heavy (non-hydrogen) atoms. The fraction of sp³-hybridized carbons (Fsp3) is 0.591. The molecule has 0 bridgehead atoms. The van der Waals surface area contributed by atoms with Gasteiger partial charge in [0.05, 0.1) is 21.6 Å². The predicted octanol–water partition coefficient (Wildman–Crippen LogP) is 11.3. The van der Waals surface area contributed by atoms with Crippen molar-refractivity contribution >= 4 is 28.5 Å². The van der Waals surface area contributed by atoms with Crippen LogP contribution < -0.4 is 0 Å². The lowest BCUT2D eigenvalue weighted by Gasteiger charge is -2.71. The summed E-state index contributed by atoms with van der Waals surface area (Å²) in [6.45, 7) is 18.0. The van der Waals surface area contributed by atoms with Crippen LogP contribution in [-0.4, -0.2) is 11.0 Å². The number of carbonyl (C=O) groups excluding carboxylic acids is 1. The molecular weight excluding hydrogens is 610 g/mol. The first-order chi connectivity index (χ1) is 22.8. The number of aromatic nitrogens is 1. The summed E-state index contributed by atoms with van der Waals surface area (Å²) < 4.78 is 6.26. The van der Waals surface area contributed by atoms with Gasteiger partial charge >= 0.3 is 5.97 Å². The molecule has 0 radical (unpaired) electrons. The molecule has 5 aliphatic rings. The summed E-state index contributed by atoms with van der Waals surface area (Å²) in [4.78, 5) is 19.7. The van der Waals surface area contributed by atoms with Crippen molar-refractivity contribution in [3.8, 4) is 0 Å². The number of ether oxygens (including phenoxy) is 1. The van der Waals surface area contributed by atoms with Crippen LogP contribution in [-0.2, 0) is 28.0 Å². The Morgan fingerprint density at radius 2 is 1.62 bits per heavy atom. The molecule has 2 aromatic carbocycles. The third-order valence-corrected chi connectivity index (χ3v) is 16.3. The van der Waals surface area contributed by atoms with Crippen LogP contribution in [0.15, 0.2) is 66.2 Å². The maximum atomic E-state index is 14.4. The molecule has 5 aliphatic carbocycles. The predicted molar refractivity (Wildman–Crippen MR) is 196 cm³/mol. The highest BCUT2D eigenvalue weighted by atomic mass is 35.5. The zero-order chi connectivity index (χ0) is 33.9. The summed E-state index contributed by atoms with van der Waals surface area (Å²) in [5, 5.41) is 1.99. The van der Waals surface area contributed by atoms with E-state index in [0.717, 1.165) is 60.0 Å². The van der Waals surface area contributed by atoms with E-state index >= 15 is 0 Å². The molecule has 3 fully saturated rings. The number of fused-ring (bicyclic) bond motifs is 9. The minimum absolute atomic E-state index is 0.0406. The van der Waals surface area contributed by atoms with Gasteiger partial charge in [-0.05, 0) is 114 Å². The van der Waals surface area contributed by atoms with Crippen LogP contribution in [0.5, 0.6) is 0 Å². The molecule has 0 aliphatic heterocycles. The van der Waals surface area contributed by atoms with Crippen LogP contribution in [0.2, 0.25) is 5.02 Å². The second kappa shape index (κ2) is 10.9. The number of hydrogen-bond acceptors (Lipinski definition) is 3. The number of halogens is 1. The van der Waals surface area contributed by atoms with E-state index in [1.807, 2.05) is 18.2 Å². The topological polar surface area (TPSA) is 39.2 Å². The summed E-state index contributed by atoms with van der Waals surface area (Å²) in [7, 11) is 0. The maximum Gasteiger partial charge on any atom is 0.313 e. The molecule has 9 atom stereocenters. The maximum absolute atomic E-state index is 14.4. The van der Waals surface area contributed by atoms with Crippen molar-refractivity contribution in [3.63, 3.8) is 0 Å². The Morgan fingerprint density at radius 1 is 0.896 bits per heavy atom. The number of rotatable bonds is 3. The van der Waals surface area contributed by atoms with Crippen LogP contribution in [0.1, 0.15) is 110 Å². The summed E-state index contributed by atoms with van der Waals surface area (Å²) in [5.74, 6) is 2.37. The van der Waals surface area contributed by atoms with Crippen molar-refractivity contribution in [2.45, 2.75) is 112 Å². The van der Waals surface area contributed by atoms with Crippen molar-refractivity contribution in [1.29, 1.82) is 0 Å². The second-order valence-corrected chi connectivity index (χ2v) is 18.4. The van der Waals surface area contributed by atoms with E-state index in [2.05, 4.69) is 90.9 Å². The van der Waals surface area contributed by atoms with E-state index in [1.54, 1.807) is 5.57 Å². The van der Waals surface area contributed by atoms with Crippen LogP contribution in [0.25, 0.3) is 10.9 Å². The molecule has 3 saturated carbocycles. The normalized spacial score (nSPS) is 39.6. The summed E-state index contributed by atoms with van der Waals surface area (Å²) in [5.41, 5.74) is 5.94. The molecule has 0 unspecified atom stereocenters. The smallest absolute Gasteiger partial charge is 0.313 e. The Bertz CT molecular complexity index is 1810. The number of carbonyl (C=O) groups is 1. The molecule has 1 heterocycles. The monoisotopic (exact) mass is 663 g/mol. The van der Waals surface area contributed by atoms with E-state index in [-0.39, 0.29) is 33.5 Å². The van der Waals surface area contributed by atoms with Crippen LogP contribution in [0.3, 0.4) is 0 Å². The summed E-state index contributed by atoms with van der Waals surface area (Å²) in [6, 6.07) is 18.6. The third-order valence-electron chi connectivity index (χ3n) is 15.8. The molecule has 0 spiro atoms. The zero-order valence-electron chi connectivity index (χ0n) is 30.2. The molecule has 1 aromatic heterocycles. The molecular formula is C44H54ClNO2. The van der Waals surface area contributed by atoms with Gasteiger partial charge in [0, 0.05) is 10.8 Å². The molecule has 0 N–H and O–H groups in total. The zero-order valence-corrected chi connectivity index (χ0v) is 30.9. The number of hydrogen-bond donors (Lipinski definition) is 0. The fourth-order valence-corrected chi connectivity index (χ4v) is 13.3. The van der Waals surface area contributed by atoms with Gasteiger partial charge in [0.25, 0.3) is 0 Å². The van der Waals surface area contributed by atoms with Crippen LogP contribution >= 0.6 is 11.6 Å². The molecule has 0 amide bonds. The molecule has 3 aromatic rings. The fourth-order valence-electron chi connectivity index (χ4n) is 13.0. The van der Waals surface area contributed by atoms with Gasteiger partial charge in [-0.2, -0.15) is 0 Å². The number of benzene rings is 2. The highest BCUT2D eigenvalue weighted by Crippen LogP contribution is 2.75. The minimum Gasteiger partial charge on any atom is -0.460 e. The van der Waals surface area contributed by atoms with Gasteiger partial charge in [0.1, 0.15) is 6.61 Å². The Morgan fingerprint density at radius 3 is 2.40 bits per heavy atom. The van der Waals surface area contributed by atoms with Gasteiger partial charge in [0.2, 0.25) is 0 Å².